The number of carbonyl (C=O) groups is 1. The fourth-order valence-electron chi connectivity index (χ4n) is 2.83. The van der Waals surface area contributed by atoms with Crippen LogP contribution in [0, 0.1) is 18.6 Å². The first-order valence-corrected chi connectivity index (χ1v) is 9.02. The van der Waals surface area contributed by atoms with Gasteiger partial charge in [0.05, 0.1) is 11.4 Å². The van der Waals surface area contributed by atoms with Gasteiger partial charge in [-0.05, 0) is 68.8 Å². The third kappa shape index (κ3) is 4.54. The van der Waals surface area contributed by atoms with Crippen LogP contribution in [0.1, 0.15) is 24.6 Å². The summed E-state index contributed by atoms with van der Waals surface area (Å²) >= 11 is 0. The molecule has 1 amide bonds. The first-order valence-electron chi connectivity index (χ1n) is 9.02. The van der Waals surface area contributed by atoms with Crippen molar-refractivity contribution in [2.24, 2.45) is 0 Å². The average Bonchev–Trinajstić information content (AvgIpc) is 2.98. The number of amides is 1. The van der Waals surface area contributed by atoms with Crippen molar-refractivity contribution in [1.29, 1.82) is 0 Å². The molecule has 0 unspecified atom stereocenters. The van der Waals surface area contributed by atoms with Gasteiger partial charge in [0.15, 0.2) is 0 Å². The van der Waals surface area contributed by atoms with Gasteiger partial charge in [-0.2, -0.15) is 5.10 Å². The number of hydrogen-bond acceptors (Lipinski definition) is 3. The average molecular weight is 385 g/mol. The van der Waals surface area contributed by atoms with Gasteiger partial charge in [0.2, 0.25) is 11.8 Å². The molecular weight excluding hydrogens is 364 g/mol. The molecule has 1 N–H and O–H groups in total. The zero-order valence-corrected chi connectivity index (χ0v) is 15.7. The first-order chi connectivity index (χ1) is 13.5. The van der Waals surface area contributed by atoms with Crippen LogP contribution >= 0.6 is 0 Å². The topological polar surface area (TPSA) is 56.2 Å². The molecule has 7 heteroatoms. The van der Waals surface area contributed by atoms with E-state index in [2.05, 4.69) is 10.4 Å². The van der Waals surface area contributed by atoms with Gasteiger partial charge >= 0.3 is 0 Å². The summed E-state index contributed by atoms with van der Waals surface area (Å²) < 4.78 is 34.1. The van der Waals surface area contributed by atoms with Gasteiger partial charge in [-0.3, -0.25) is 4.79 Å². The molecular formula is C21H21F2N3O2. The maximum atomic E-state index is 13.3. The normalized spacial score (nSPS) is 10.7. The maximum absolute atomic E-state index is 13.3. The Bertz CT molecular complexity index is 951. The first kappa shape index (κ1) is 19.5. The lowest BCUT2D eigenvalue weighted by Gasteiger charge is -2.11. The summed E-state index contributed by atoms with van der Waals surface area (Å²) in [6, 6.07) is 11.5. The number of halogens is 2. The lowest BCUT2D eigenvalue weighted by atomic mass is 10.1. The second-order valence-electron chi connectivity index (χ2n) is 6.27. The Kier molecular flexibility index (Phi) is 6.03. The number of ether oxygens (including phenoxy) is 1. The monoisotopic (exact) mass is 385 g/mol. The lowest BCUT2D eigenvalue weighted by molar-refractivity contribution is -0.120. The van der Waals surface area contributed by atoms with E-state index < -0.39 is 0 Å². The van der Waals surface area contributed by atoms with E-state index in [-0.39, 0.29) is 24.0 Å². The molecule has 2 aromatic carbocycles. The summed E-state index contributed by atoms with van der Waals surface area (Å²) in [5.74, 6) is 0.0604. The molecule has 1 aromatic heterocycles. The zero-order chi connectivity index (χ0) is 20.1. The largest absolute Gasteiger partial charge is 0.439 e. The van der Waals surface area contributed by atoms with Crippen molar-refractivity contribution < 1.29 is 18.3 Å². The summed E-state index contributed by atoms with van der Waals surface area (Å²) in [7, 11) is 0. The fraction of sp³-hybridized carbons (Fsp3) is 0.238. The van der Waals surface area contributed by atoms with Crippen LogP contribution in [0.4, 0.5) is 8.78 Å². The van der Waals surface area contributed by atoms with Crippen molar-refractivity contribution in [3.05, 3.63) is 71.4 Å². The summed E-state index contributed by atoms with van der Waals surface area (Å²) in [5, 5.41) is 7.28. The molecule has 3 rings (SSSR count). The highest BCUT2D eigenvalue weighted by Crippen LogP contribution is 2.31. The van der Waals surface area contributed by atoms with E-state index in [1.165, 1.54) is 36.4 Å². The van der Waals surface area contributed by atoms with Crippen LogP contribution in [-0.2, 0) is 11.2 Å². The number of nitrogens with zero attached hydrogens (tertiary/aromatic N) is 2. The molecule has 0 saturated heterocycles. The van der Waals surface area contributed by atoms with E-state index in [4.69, 9.17) is 4.74 Å². The smallest absolute Gasteiger partial charge is 0.226 e. The Morgan fingerprint density at radius 2 is 1.68 bits per heavy atom. The summed E-state index contributed by atoms with van der Waals surface area (Å²) in [6.45, 7) is 4.25. The van der Waals surface area contributed by atoms with Crippen LogP contribution in [0.2, 0.25) is 0 Å². The fourth-order valence-corrected chi connectivity index (χ4v) is 2.83. The number of aryl methyl sites for hydroxylation is 1. The van der Waals surface area contributed by atoms with Gasteiger partial charge in [0.1, 0.15) is 17.4 Å². The molecule has 146 valence electrons. The van der Waals surface area contributed by atoms with Crippen LogP contribution in [0.3, 0.4) is 0 Å². The highest BCUT2D eigenvalue weighted by molar-refractivity contribution is 5.76. The minimum Gasteiger partial charge on any atom is -0.439 e. The molecule has 5 nitrogen and oxygen atoms in total. The predicted molar refractivity (Wildman–Crippen MR) is 102 cm³/mol. The van der Waals surface area contributed by atoms with Crippen molar-refractivity contribution in [1.82, 2.24) is 15.1 Å². The van der Waals surface area contributed by atoms with E-state index in [0.717, 1.165) is 5.56 Å². The number of nitrogens with one attached hydrogen (secondary N) is 1. The molecule has 0 fully saturated rings. The zero-order valence-electron chi connectivity index (χ0n) is 15.7. The molecule has 0 radical (unpaired) electrons. The molecule has 0 aliphatic heterocycles. The minimum atomic E-state index is -0.368. The van der Waals surface area contributed by atoms with Gasteiger partial charge in [0.25, 0.3) is 0 Å². The quantitative estimate of drug-likeness (QED) is 0.659. The Morgan fingerprint density at radius 1 is 1.07 bits per heavy atom. The van der Waals surface area contributed by atoms with Gasteiger partial charge < -0.3 is 10.1 Å². The summed E-state index contributed by atoms with van der Waals surface area (Å²) in [5.41, 5.74) is 2.08. The minimum absolute atomic E-state index is 0.0656. The van der Waals surface area contributed by atoms with Crippen molar-refractivity contribution in [2.75, 3.05) is 6.54 Å². The number of benzene rings is 2. The van der Waals surface area contributed by atoms with Crippen LogP contribution in [-0.4, -0.2) is 22.2 Å². The number of rotatable bonds is 7. The van der Waals surface area contributed by atoms with Crippen LogP contribution in [0.15, 0.2) is 48.5 Å². The Balaban J connectivity index is 1.98. The van der Waals surface area contributed by atoms with Crippen molar-refractivity contribution >= 4 is 5.91 Å². The van der Waals surface area contributed by atoms with Crippen molar-refractivity contribution in [3.63, 3.8) is 0 Å². The maximum Gasteiger partial charge on any atom is 0.226 e. The summed E-state index contributed by atoms with van der Waals surface area (Å²) in [6.07, 6.45) is 0.707. The van der Waals surface area contributed by atoms with Crippen LogP contribution in [0.25, 0.3) is 5.69 Å². The van der Waals surface area contributed by atoms with Gasteiger partial charge in [-0.25, -0.2) is 13.5 Å². The van der Waals surface area contributed by atoms with Gasteiger partial charge in [-0.1, -0.05) is 0 Å². The molecule has 3 aromatic rings. The molecule has 28 heavy (non-hydrogen) atoms. The van der Waals surface area contributed by atoms with Gasteiger partial charge in [0, 0.05) is 18.5 Å². The van der Waals surface area contributed by atoms with E-state index in [9.17, 15) is 13.6 Å². The third-order valence-electron chi connectivity index (χ3n) is 4.21. The van der Waals surface area contributed by atoms with Crippen molar-refractivity contribution in [3.8, 4) is 17.3 Å². The van der Waals surface area contributed by atoms with E-state index in [0.29, 0.717) is 36.0 Å². The second kappa shape index (κ2) is 8.65. The number of hydrogen-bond donors (Lipinski definition) is 1. The second-order valence-corrected chi connectivity index (χ2v) is 6.27. The molecule has 0 atom stereocenters. The third-order valence-corrected chi connectivity index (χ3v) is 4.21. The molecule has 1 heterocycles. The standard InChI is InChI=1S/C21H21F2N3O2/c1-3-24-20(27)13-12-19-14(2)25-26(17-8-4-15(22)5-9-17)21(19)28-18-10-6-16(23)7-11-18/h4-11H,3,12-13H2,1-2H3,(H,24,27). The molecule has 0 spiro atoms. The predicted octanol–water partition coefficient (Wildman–Crippen LogP) is 4.32. The Labute approximate surface area is 161 Å². The highest BCUT2D eigenvalue weighted by Gasteiger charge is 2.20. The molecule has 0 aliphatic rings. The Hall–Kier alpha value is -3.22. The summed E-state index contributed by atoms with van der Waals surface area (Å²) in [4.78, 5) is 11.9. The number of aromatic nitrogens is 2. The van der Waals surface area contributed by atoms with Gasteiger partial charge in [-0.15, -0.1) is 0 Å². The van der Waals surface area contributed by atoms with E-state index in [1.54, 1.807) is 16.8 Å². The Morgan fingerprint density at radius 3 is 2.29 bits per heavy atom. The lowest BCUT2D eigenvalue weighted by Crippen LogP contribution is -2.22. The number of carbonyl (C=O) groups excluding carboxylic acids is 1. The van der Waals surface area contributed by atoms with Crippen molar-refractivity contribution in [2.45, 2.75) is 26.7 Å². The molecule has 0 bridgehead atoms. The highest BCUT2D eigenvalue weighted by atomic mass is 19.1. The van der Waals surface area contributed by atoms with Crippen LogP contribution in [0.5, 0.6) is 11.6 Å². The molecule has 0 aliphatic carbocycles. The van der Waals surface area contributed by atoms with E-state index in [1.807, 2.05) is 13.8 Å². The van der Waals surface area contributed by atoms with E-state index >= 15 is 0 Å². The van der Waals surface area contributed by atoms with Crippen LogP contribution < -0.4 is 10.1 Å². The molecule has 0 saturated carbocycles. The SMILES string of the molecule is CCNC(=O)CCc1c(C)nn(-c2ccc(F)cc2)c1Oc1ccc(F)cc1.